The maximum absolute atomic E-state index is 5.94. The van der Waals surface area contributed by atoms with Crippen molar-refractivity contribution < 1.29 is 4.74 Å². The second-order valence-electron chi connectivity index (χ2n) is 6.28. The Morgan fingerprint density at radius 1 is 1.48 bits per heavy atom. The van der Waals surface area contributed by atoms with Crippen LogP contribution >= 0.6 is 11.3 Å². The lowest BCUT2D eigenvalue weighted by Crippen LogP contribution is -2.35. The summed E-state index contributed by atoms with van der Waals surface area (Å²) in [6.45, 7) is 7.25. The summed E-state index contributed by atoms with van der Waals surface area (Å²) in [5, 5.41) is 4.77. The first-order chi connectivity index (χ1) is 10.3. The van der Waals surface area contributed by atoms with E-state index < -0.39 is 0 Å². The highest BCUT2D eigenvalue weighted by atomic mass is 32.1. The number of thiazole rings is 1. The van der Waals surface area contributed by atoms with Crippen molar-refractivity contribution in [2.24, 2.45) is 0 Å². The molecule has 1 aliphatic carbocycles. The van der Waals surface area contributed by atoms with E-state index >= 15 is 0 Å². The monoisotopic (exact) mass is 309 g/mol. The lowest BCUT2D eigenvalue weighted by molar-refractivity contribution is -0.0210. The third-order valence-corrected chi connectivity index (χ3v) is 5.67. The zero-order chi connectivity index (χ0) is 14.7. The van der Waals surface area contributed by atoms with Gasteiger partial charge in [-0.05, 0) is 39.3 Å². The van der Waals surface area contributed by atoms with Crippen LogP contribution in [0.3, 0.4) is 0 Å². The molecule has 1 saturated heterocycles. The Labute approximate surface area is 131 Å². The number of aromatic nitrogens is 1. The highest BCUT2D eigenvalue weighted by Crippen LogP contribution is 2.37. The molecule has 2 unspecified atom stereocenters. The second kappa shape index (κ2) is 7.18. The number of rotatable bonds is 5. The zero-order valence-electron chi connectivity index (χ0n) is 13.2. The summed E-state index contributed by atoms with van der Waals surface area (Å²) < 4.78 is 5.94. The van der Waals surface area contributed by atoms with E-state index in [-0.39, 0.29) is 6.10 Å². The first-order valence-electron chi connectivity index (χ1n) is 8.28. The summed E-state index contributed by atoms with van der Waals surface area (Å²) >= 11 is 1.90. The Balaban J connectivity index is 1.71. The summed E-state index contributed by atoms with van der Waals surface area (Å²) in [6.07, 6.45) is 5.17. The van der Waals surface area contributed by atoms with Gasteiger partial charge in [-0.3, -0.25) is 0 Å². The molecule has 118 valence electrons. The molecule has 4 nitrogen and oxygen atoms in total. The van der Waals surface area contributed by atoms with E-state index in [0.29, 0.717) is 5.92 Å². The van der Waals surface area contributed by atoms with Crippen molar-refractivity contribution in [3.8, 4) is 0 Å². The molecule has 0 aromatic carbocycles. The first kappa shape index (κ1) is 15.4. The molecule has 0 spiro atoms. The molecule has 0 radical (unpaired) electrons. The smallest absolute Gasteiger partial charge is 0.123 e. The molecular formula is C16H27N3OS. The third kappa shape index (κ3) is 3.65. The van der Waals surface area contributed by atoms with Crippen LogP contribution in [-0.2, 0) is 11.2 Å². The summed E-state index contributed by atoms with van der Waals surface area (Å²) in [5.74, 6) is 0.603. The molecule has 2 atom stereocenters. The van der Waals surface area contributed by atoms with Crippen molar-refractivity contribution in [3.05, 3.63) is 15.6 Å². The SMILES string of the molecule is CCCNCC1CCCc2sc(C3CN(C)CCO3)nc21. The fraction of sp³-hybridized carbons (Fsp3) is 0.812. The molecule has 21 heavy (non-hydrogen) atoms. The van der Waals surface area contributed by atoms with Gasteiger partial charge in [0, 0.05) is 30.4 Å². The second-order valence-corrected chi connectivity index (χ2v) is 7.39. The van der Waals surface area contributed by atoms with Crippen LogP contribution in [-0.4, -0.2) is 49.7 Å². The molecule has 0 amide bonds. The Hall–Kier alpha value is -0.490. The molecule has 2 aliphatic rings. The van der Waals surface area contributed by atoms with Gasteiger partial charge in [-0.25, -0.2) is 4.98 Å². The highest BCUT2D eigenvalue weighted by Gasteiger charge is 2.28. The van der Waals surface area contributed by atoms with Crippen LogP contribution in [0, 0.1) is 0 Å². The number of nitrogens with one attached hydrogen (secondary N) is 1. The molecule has 2 heterocycles. The number of likely N-dealkylation sites (N-methyl/N-ethyl adjacent to an activating group) is 1. The molecule has 0 saturated carbocycles. The van der Waals surface area contributed by atoms with Gasteiger partial charge in [0.1, 0.15) is 11.1 Å². The third-order valence-electron chi connectivity index (χ3n) is 4.45. The van der Waals surface area contributed by atoms with Gasteiger partial charge in [0.15, 0.2) is 0 Å². The standard InChI is InChI=1S/C16H27N3OS/c1-3-7-17-10-12-5-4-6-14-15(12)18-16(21-14)13-11-19(2)8-9-20-13/h12-13,17H,3-11H2,1-2H3. The van der Waals surface area contributed by atoms with E-state index in [0.717, 1.165) is 32.8 Å². The maximum atomic E-state index is 5.94. The average Bonchev–Trinajstić information content (AvgIpc) is 2.92. The summed E-state index contributed by atoms with van der Waals surface area (Å²) in [6, 6.07) is 0. The van der Waals surface area contributed by atoms with E-state index in [1.54, 1.807) is 0 Å². The zero-order valence-corrected chi connectivity index (χ0v) is 14.0. The Morgan fingerprint density at radius 2 is 2.38 bits per heavy atom. The molecule has 1 fully saturated rings. The number of hydrogen-bond acceptors (Lipinski definition) is 5. The number of morpholine rings is 1. The van der Waals surface area contributed by atoms with Crippen molar-refractivity contribution >= 4 is 11.3 Å². The van der Waals surface area contributed by atoms with E-state index in [1.807, 2.05) is 11.3 Å². The van der Waals surface area contributed by atoms with Crippen molar-refractivity contribution in [1.29, 1.82) is 0 Å². The molecular weight excluding hydrogens is 282 g/mol. The predicted molar refractivity (Wildman–Crippen MR) is 87.1 cm³/mol. The van der Waals surface area contributed by atoms with E-state index in [2.05, 4.69) is 24.2 Å². The number of ether oxygens (including phenoxy) is 1. The maximum Gasteiger partial charge on any atom is 0.123 e. The van der Waals surface area contributed by atoms with Crippen molar-refractivity contribution in [2.45, 2.75) is 44.6 Å². The van der Waals surface area contributed by atoms with Gasteiger partial charge in [-0.2, -0.15) is 0 Å². The summed E-state index contributed by atoms with van der Waals surface area (Å²) in [4.78, 5) is 8.85. The molecule has 1 aliphatic heterocycles. The van der Waals surface area contributed by atoms with E-state index in [9.17, 15) is 0 Å². The van der Waals surface area contributed by atoms with Crippen LogP contribution in [0.4, 0.5) is 0 Å². The van der Waals surface area contributed by atoms with Gasteiger partial charge in [0.05, 0.1) is 12.3 Å². The van der Waals surface area contributed by atoms with E-state index in [4.69, 9.17) is 9.72 Å². The van der Waals surface area contributed by atoms with Crippen LogP contribution in [0.15, 0.2) is 0 Å². The molecule has 5 heteroatoms. The van der Waals surface area contributed by atoms with Gasteiger partial charge in [-0.1, -0.05) is 6.92 Å². The average molecular weight is 309 g/mol. The lowest BCUT2D eigenvalue weighted by atomic mass is 9.91. The molecule has 0 bridgehead atoms. The fourth-order valence-corrected chi connectivity index (χ4v) is 4.48. The van der Waals surface area contributed by atoms with Crippen LogP contribution < -0.4 is 5.32 Å². The number of hydrogen-bond donors (Lipinski definition) is 1. The van der Waals surface area contributed by atoms with Gasteiger partial charge in [0.2, 0.25) is 0 Å². The fourth-order valence-electron chi connectivity index (χ4n) is 3.24. The molecule has 1 aromatic rings. The van der Waals surface area contributed by atoms with Crippen LogP contribution in [0.25, 0.3) is 0 Å². The van der Waals surface area contributed by atoms with Gasteiger partial charge >= 0.3 is 0 Å². The number of aryl methyl sites for hydroxylation is 1. The van der Waals surface area contributed by atoms with Crippen LogP contribution in [0.2, 0.25) is 0 Å². The normalized spacial score (nSPS) is 26.8. The minimum atomic E-state index is 0.184. The van der Waals surface area contributed by atoms with Crippen molar-refractivity contribution in [2.75, 3.05) is 39.8 Å². The van der Waals surface area contributed by atoms with Crippen LogP contribution in [0.5, 0.6) is 0 Å². The number of fused-ring (bicyclic) bond motifs is 1. The largest absolute Gasteiger partial charge is 0.368 e. The van der Waals surface area contributed by atoms with Gasteiger partial charge < -0.3 is 15.0 Å². The minimum Gasteiger partial charge on any atom is -0.368 e. The Morgan fingerprint density at radius 3 is 3.19 bits per heavy atom. The Kier molecular flexibility index (Phi) is 5.27. The summed E-state index contributed by atoms with van der Waals surface area (Å²) in [5.41, 5.74) is 1.36. The van der Waals surface area contributed by atoms with E-state index in [1.165, 1.54) is 41.3 Å². The van der Waals surface area contributed by atoms with Crippen LogP contribution in [0.1, 0.15) is 53.8 Å². The Bertz CT molecular complexity index is 462. The van der Waals surface area contributed by atoms with Crippen molar-refractivity contribution in [3.63, 3.8) is 0 Å². The molecule has 1 N–H and O–H groups in total. The van der Waals surface area contributed by atoms with Gasteiger partial charge in [0.25, 0.3) is 0 Å². The quantitative estimate of drug-likeness (QED) is 0.848. The first-order valence-corrected chi connectivity index (χ1v) is 9.10. The summed E-state index contributed by atoms with van der Waals surface area (Å²) in [7, 11) is 2.17. The molecule has 1 aromatic heterocycles. The van der Waals surface area contributed by atoms with Gasteiger partial charge in [-0.15, -0.1) is 11.3 Å². The lowest BCUT2D eigenvalue weighted by Gasteiger charge is -2.28. The number of nitrogens with zero attached hydrogens (tertiary/aromatic N) is 2. The predicted octanol–water partition coefficient (Wildman–Crippen LogP) is 2.57. The van der Waals surface area contributed by atoms with Crippen molar-refractivity contribution in [1.82, 2.24) is 15.2 Å². The minimum absolute atomic E-state index is 0.184. The molecule has 3 rings (SSSR count). The topological polar surface area (TPSA) is 37.4 Å². The highest BCUT2D eigenvalue weighted by molar-refractivity contribution is 7.11.